The zero-order valence-electron chi connectivity index (χ0n) is 16.3. The van der Waals surface area contributed by atoms with E-state index in [-0.39, 0.29) is 17.6 Å². The van der Waals surface area contributed by atoms with E-state index in [2.05, 4.69) is 15.3 Å². The molecule has 2 amide bonds. The average molecular weight is 380 g/mol. The number of amides is 2. The summed E-state index contributed by atoms with van der Waals surface area (Å²) in [5.41, 5.74) is 4.19. The predicted octanol–water partition coefficient (Wildman–Crippen LogP) is 2.39. The number of anilines is 1. The van der Waals surface area contributed by atoms with Crippen LogP contribution in [0.15, 0.2) is 35.5 Å². The minimum Gasteiger partial charge on any atom is -0.324 e. The molecule has 146 valence electrons. The van der Waals surface area contributed by atoms with Crippen molar-refractivity contribution in [3.63, 3.8) is 0 Å². The van der Waals surface area contributed by atoms with Gasteiger partial charge in [-0.05, 0) is 43.5 Å². The van der Waals surface area contributed by atoms with Crippen LogP contribution in [0.1, 0.15) is 30.0 Å². The fourth-order valence-electron chi connectivity index (χ4n) is 3.92. The average Bonchev–Trinajstić information content (AvgIpc) is 2.93. The lowest BCUT2D eigenvalue weighted by Gasteiger charge is -2.32. The number of fused-ring (bicyclic) bond motifs is 1. The van der Waals surface area contributed by atoms with Crippen LogP contribution >= 0.6 is 0 Å². The van der Waals surface area contributed by atoms with Crippen LogP contribution in [0.25, 0.3) is 11.0 Å². The Morgan fingerprint density at radius 3 is 2.68 bits per heavy atom. The van der Waals surface area contributed by atoms with E-state index in [0.29, 0.717) is 6.54 Å². The van der Waals surface area contributed by atoms with Crippen LogP contribution in [0.5, 0.6) is 0 Å². The van der Waals surface area contributed by atoms with Gasteiger partial charge in [0.25, 0.3) is 0 Å². The Morgan fingerprint density at radius 2 is 1.96 bits per heavy atom. The van der Waals surface area contributed by atoms with Gasteiger partial charge in [-0.15, -0.1) is 0 Å². The number of aryl methyl sites for hydroxylation is 3. The van der Waals surface area contributed by atoms with Crippen LogP contribution in [-0.2, 0) is 14.1 Å². The van der Waals surface area contributed by atoms with E-state index in [0.717, 1.165) is 47.4 Å². The SMILES string of the molecule is Cc1cc2c(cc1NC(=O)N1CCCC(c3ccncn3)C1)n(C)c(=O)n2C. The molecule has 3 heterocycles. The number of carbonyl (C=O) groups excluding carboxylic acids is 1. The molecule has 1 aromatic carbocycles. The summed E-state index contributed by atoms with van der Waals surface area (Å²) in [6.07, 6.45) is 5.24. The maximum atomic E-state index is 12.9. The molecule has 0 aliphatic carbocycles. The van der Waals surface area contributed by atoms with E-state index in [1.165, 1.54) is 0 Å². The number of imidazole rings is 1. The fraction of sp³-hybridized carbons (Fsp3) is 0.400. The van der Waals surface area contributed by atoms with Gasteiger partial charge in [-0.1, -0.05) is 0 Å². The number of hydrogen-bond donors (Lipinski definition) is 1. The van der Waals surface area contributed by atoms with E-state index < -0.39 is 0 Å². The normalized spacial score (nSPS) is 17.1. The molecule has 3 aromatic rings. The molecule has 2 aromatic heterocycles. The molecule has 8 heteroatoms. The first-order valence-corrected chi connectivity index (χ1v) is 9.43. The van der Waals surface area contributed by atoms with Crippen molar-refractivity contribution in [3.05, 3.63) is 52.5 Å². The number of carbonyl (C=O) groups is 1. The molecule has 1 saturated heterocycles. The van der Waals surface area contributed by atoms with Crippen LogP contribution in [0.2, 0.25) is 0 Å². The quantitative estimate of drug-likeness (QED) is 0.740. The lowest BCUT2D eigenvalue weighted by Crippen LogP contribution is -2.41. The Bertz CT molecular complexity index is 1090. The molecule has 1 unspecified atom stereocenters. The summed E-state index contributed by atoms with van der Waals surface area (Å²) >= 11 is 0. The second-order valence-corrected chi connectivity index (χ2v) is 7.41. The van der Waals surface area contributed by atoms with Gasteiger partial charge in [0.15, 0.2) is 0 Å². The summed E-state index contributed by atoms with van der Waals surface area (Å²) in [4.78, 5) is 35.2. The number of urea groups is 1. The third kappa shape index (κ3) is 3.15. The molecule has 0 spiro atoms. The summed E-state index contributed by atoms with van der Waals surface area (Å²) < 4.78 is 3.21. The van der Waals surface area contributed by atoms with E-state index in [1.54, 1.807) is 35.8 Å². The maximum absolute atomic E-state index is 12.9. The molecule has 0 bridgehead atoms. The van der Waals surface area contributed by atoms with Gasteiger partial charge in [0.05, 0.1) is 11.0 Å². The first-order valence-electron chi connectivity index (χ1n) is 9.43. The largest absolute Gasteiger partial charge is 0.328 e. The second kappa shape index (κ2) is 7.10. The molecular formula is C20H24N6O2. The lowest BCUT2D eigenvalue weighted by molar-refractivity contribution is 0.192. The summed E-state index contributed by atoms with van der Waals surface area (Å²) in [5, 5.41) is 3.03. The highest BCUT2D eigenvalue weighted by Crippen LogP contribution is 2.27. The highest BCUT2D eigenvalue weighted by atomic mass is 16.2. The highest BCUT2D eigenvalue weighted by Gasteiger charge is 2.26. The lowest BCUT2D eigenvalue weighted by atomic mass is 9.95. The standard InChI is InChI=1S/C20H24N6O2/c1-13-9-17-18(25(3)20(28)24(17)2)10-16(13)23-19(27)26-8-4-5-14(11-26)15-6-7-21-12-22-15/h6-7,9-10,12,14H,4-5,8,11H2,1-3H3,(H,23,27). The zero-order chi connectivity index (χ0) is 19.8. The van der Waals surface area contributed by atoms with Crippen molar-refractivity contribution in [2.45, 2.75) is 25.7 Å². The molecule has 4 rings (SSSR count). The van der Waals surface area contributed by atoms with E-state index in [1.807, 2.05) is 30.0 Å². The summed E-state index contributed by atoms with van der Waals surface area (Å²) in [5.74, 6) is 0.223. The molecular weight excluding hydrogens is 356 g/mol. The van der Waals surface area contributed by atoms with Gasteiger partial charge in [0.1, 0.15) is 6.33 Å². The van der Waals surface area contributed by atoms with Crippen molar-refractivity contribution < 1.29 is 4.79 Å². The number of piperidine rings is 1. The van der Waals surface area contributed by atoms with Gasteiger partial charge in [0, 0.05) is 50.7 Å². The number of rotatable bonds is 2. The number of aromatic nitrogens is 4. The van der Waals surface area contributed by atoms with Crippen LogP contribution in [0, 0.1) is 6.92 Å². The second-order valence-electron chi connectivity index (χ2n) is 7.41. The molecule has 8 nitrogen and oxygen atoms in total. The Labute approximate surface area is 162 Å². The Kier molecular flexibility index (Phi) is 4.62. The number of likely N-dealkylation sites (tertiary alicyclic amines) is 1. The van der Waals surface area contributed by atoms with Crippen LogP contribution in [0.4, 0.5) is 10.5 Å². The Morgan fingerprint density at radius 1 is 1.21 bits per heavy atom. The number of benzene rings is 1. The molecule has 1 atom stereocenters. The molecule has 0 radical (unpaired) electrons. The van der Waals surface area contributed by atoms with Crippen LogP contribution < -0.4 is 11.0 Å². The van der Waals surface area contributed by atoms with Gasteiger partial charge in [-0.25, -0.2) is 19.6 Å². The van der Waals surface area contributed by atoms with Crippen molar-refractivity contribution in [1.29, 1.82) is 0 Å². The van der Waals surface area contributed by atoms with Crippen molar-refractivity contribution >= 4 is 22.8 Å². The highest BCUT2D eigenvalue weighted by molar-refractivity contribution is 5.93. The number of nitrogens with one attached hydrogen (secondary N) is 1. The number of hydrogen-bond acceptors (Lipinski definition) is 4. The van der Waals surface area contributed by atoms with Crippen molar-refractivity contribution in [2.24, 2.45) is 14.1 Å². The van der Waals surface area contributed by atoms with Gasteiger partial charge in [-0.2, -0.15) is 0 Å². The third-order valence-corrected chi connectivity index (χ3v) is 5.59. The van der Waals surface area contributed by atoms with Crippen molar-refractivity contribution in [3.8, 4) is 0 Å². The van der Waals surface area contributed by atoms with Crippen molar-refractivity contribution in [1.82, 2.24) is 24.0 Å². The Balaban J connectivity index is 1.55. The first-order chi connectivity index (χ1) is 13.5. The van der Waals surface area contributed by atoms with Gasteiger partial charge < -0.3 is 10.2 Å². The molecule has 28 heavy (non-hydrogen) atoms. The van der Waals surface area contributed by atoms with Crippen LogP contribution in [-0.4, -0.2) is 43.1 Å². The van der Waals surface area contributed by atoms with E-state index >= 15 is 0 Å². The van der Waals surface area contributed by atoms with Gasteiger partial charge in [0.2, 0.25) is 0 Å². The van der Waals surface area contributed by atoms with E-state index in [4.69, 9.17) is 0 Å². The van der Waals surface area contributed by atoms with Crippen LogP contribution in [0.3, 0.4) is 0 Å². The maximum Gasteiger partial charge on any atom is 0.328 e. The van der Waals surface area contributed by atoms with Crippen molar-refractivity contribution in [2.75, 3.05) is 18.4 Å². The molecule has 1 fully saturated rings. The molecule has 0 saturated carbocycles. The van der Waals surface area contributed by atoms with Gasteiger partial charge >= 0.3 is 11.7 Å². The third-order valence-electron chi connectivity index (χ3n) is 5.59. The first kappa shape index (κ1) is 18.2. The molecule has 1 aliphatic heterocycles. The van der Waals surface area contributed by atoms with Gasteiger partial charge in [-0.3, -0.25) is 9.13 Å². The topological polar surface area (TPSA) is 85.1 Å². The smallest absolute Gasteiger partial charge is 0.324 e. The predicted molar refractivity (Wildman–Crippen MR) is 107 cm³/mol. The summed E-state index contributed by atoms with van der Waals surface area (Å²) in [7, 11) is 3.49. The van der Waals surface area contributed by atoms with E-state index in [9.17, 15) is 9.59 Å². The minimum atomic E-state index is -0.123. The fourth-order valence-corrected chi connectivity index (χ4v) is 3.92. The molecule has 1 N–H and O–H groups in total. The Hall–Kier alpha value is -3.16. The molecule has 1 aliphatic rings. The minimum absolute atomic E-state index is 0.0819. The monoisotopic (exact) mass is 380 g/mol. The number of nitrogens with zero attached hydrogens (tertiary/aromatic N) is 5. The zero-order valence-corrected chi connectivity index (χ0v) is 16.3. The summed E-state index contributed by atoms with van der Waals surface area (Å²) in [6.45, 7) is 3.29. The summed E-state index contributed by atoms with van der Waals surface area (Å²) in [6, 6.07) is 5.60.